The van der Waals surface area contributed by atoms with Gasteiger partial charge in [0.1, 0.15) is 0 Å². The van der Waals surface area contributed by atoms with Crippen molar-refractivity contribution in [2.45, 2.75) is 0 Å². The van der Waals surface area contributed by atoms with Crippen LogP contribution in [0, 0.1) is 5.53 Å². The summed E-state index contributed by atoms with van der Waals surface area (Å²) < 4.78 is 0. The van der Waals surface area contributed by atoms with Crippen molar-refractivity contribution in [3.8, 4) is 0 Å². The number of hydrogen-bond acceptors (Lipinski definition) is 4. The summed E-state index contributed by atoms with van der Waals surface area (Å²) in [6, 6.07) is 2.93. The van der Waals surface area contributed by atoms with Gasteiger partial charge in [0.15, 0.2) is 5.82 Å². The minimum atomic E-state index is -0.533. The van der Waals surface area contributed by atoms with Crippen LogP contribution < -0.4 is 5.73 Å². The first-order valence-corrected chi connectivity index (χ1v) is 2.87. The van der Waals surface area contributed by atoms with Crippen LogP contribution in [-0.2, 0) is 0 Å². The van der Waals surface area contributed by atoms with E-state index in [4.69, 9.17) is 11.3 Å². The first-order chi connectivity index (χ1) is 5.24. The Morgan fingerprint density at radius 3 is 2.73 bits per heavy atom. The van der Waals surface area contributed by atoms with E-state index in [-0.39, 0.29) is 5.82 Å². The van der Waals surface area contributed by atoms with Crippen LogP contribution in [0.1, 0.15) is 10.4 Å². The van der Waals surface area contributed by atoms with Gasteiger partial charge in [0.2, 0.25) is 5.91 Å². The summed E-state index contributed by atoms with van der Waals surface area (Å²) in [4.78, 5) is 14.2. The lowest BCUT2D eigenvalue weighted by molar-refractivity contribution is 0.1000. The molecule has 0 aliphatic heterocycles. The minimum Gasteiger partial charge on any atom is -0.366 e. The Morgan fingerprint density at radius 1 is 1.64 bits per heavy atom. The van der Waals surface area contributed by atoms with Crippen LogP contribution in [0.2, 0.25) is 0 Å². The van der Waals surface area contributed by atoms with E-state index in [9.17, 15) is 4.79 Å². The Morgan fingerprint density at radius 2 is 2.36 bits per heavy atom. The molecule has 3 N–H and O–H groups in total. The summed E-state index contributed by atoms with van der Waals surface area (Å²) >= 11 is 0. The maximum atomic E-state index is 10.5. The van der Waals surface area contributed by atoms with Gasteiger partial charge in [-0.05, 0) is 12.1 Å². The lowest BCUT2D eigenvalue weighted by atomic mass is 10.3. The van der Waals surface area contributed by atoms with Gasteiger partial charge in [-0.25, -0.2) is 10.5 Å². The molecule has 0 atom stereocenters. The fourth-order valence-electron chi connectivity index (χ4n) is 0.598. The highest BCUT2D eigenvalue weighted by molar-refractivity contribution is 5.92. The molecular formula is C6H6N4O. The molecule has 5 nitrogen and oxygen atoms in total. The fraction of sp³-hybridized carbons (Fsp3) is 0. The van der Waals surface area contributed by atoms with Crippen LogP contribution >= 0.6 is 0 Å². The Labute approximate surface area is 62.8 Å². The molecule has 1 aromatic heterocycles. The van der Waals surface area contributed by atoms with Crippen molar-refractivity contribution in [3.63, 3.8) is 0 Å². The zero-order valence-electron chi connectivity index (χ0n) is 5.61. The van der Waals surface area contributed by atoms with E-state index in [1.54, 1.807) is 0 Å². The normalized spacial score (nSPS) is 9.09. The fourth-order valence-corrected chi connectivity index (χ4v) is 0.598. The molecule has 0 aromatic carbocycles. The summed E-state index contributed by atoms with van der Waals surface area (Å²) in [6.07, 6.45) is 1.29. The molecule has 0 saturated carbocycles. The molecule has 1 rings (SSSR count). The topological polar surface area (TPSA) is 92.2 Å². The van der Waals surface area contributed by atoms with Gasteiger partial charge in [-0.3, -0.25) is 4.79 Å². The zero-order chi connectivity index (χ0) is 8.27. The average Bonchev–Trinajstić information content (AvgIpc) is 2.05. The second-order valence-electron chi connectivity index (χ2n) is 1.88. The van der Waals surface area contributed by atoms with Crippen molar-refractivity contribution in [2.24, 2.45) is 10.8 Å². The van der Waals surface area contributed by atoms with Gasteiger partial charge in [0.25, 0.3) is 0 Å². The standard InChI is InChI=1S/C6H6N4O/c7-6(11)4-1-2-5(10-8)9-3-4/h1-3,8H,(H2,7,11). The molecule has 0 radical (unpaired) electrons. The van der Waals surface area contributed by atoms with Crippen molar-refractivity contribution in [3.05, 3.63) is 23.9 Å². The quantitative estimate of drug-likeness (QED) is 0.611. The van der Waals surface area contributed by atoms with Crippen LogP contribution in [0.25, 0.3) is 0 Å². The third-order valence-electron chi connectivity index (χ3n) is 1.15. The van der Waals surface area contributed by atoms with Crippen molar-refractivity contribution in [1.29, 1.82) is 5.53 Å². The molecular weight excluding hydrogens is 144 g/mol. The van der Waals surface area contributed by atoms with Crippen molar-refractivity contribution >= 4 is 11.7 Å². The van der Waals surface area contributed by atoms with Gasteiger partial charge in [-0.15, -0.1) is 5.11 Å². The summed E-state index contributed by atoms with van der Waals surface area (Å²) in [5.74, 6) is -0.274. The summed E-state index contributed by atoms with van der Waals surface area (Å²) in [5, 5.41) is 3.06. The van der Waals surface area contributed by atoms with Crippen LogP contribution in [0.4, 0.5) is 5.82 Å². The molecule has 56 valence electrons. The Kier molecular flexibility index (Phi) is 1.91. The Balaban J connectivity index is 3.00. The molecule has 0 spiro atoms. The second kappa shape index (κ2) is 2.87. The maximum absolute atomic E-state index is 10.5. The number of nitrogens with two attached hydrogens (primary N) is 1. The largest absolute Gasteiger partial charge is 0.366 e. The molecule has 0 aliphatic carbocycles. The van der Waals surface area contributed by atoms with Gasteiger partial charge in [-0.1, -0.05) is 0 Å². The molecule has 0 fully saturated rings. The van der Waals surface area contributed by atoms with Crippen LogP contribution in [0.15, 0.2) is 23.4 Å². The van der Waals surface area contributed by atoms with Crippen molar-refractivity contribution in [1.82, 2.24) is 4.98 Å². The SMILES string of the molecule is N=Nc1ccc(C(N)=O)cn1. The number of aromatic nitrogens is 1. The second-order valence-corrected chi connectivity index (χ2v) is 1.88. The lowest BCUT2D eigenvalue weighted by Crippen LogP contribution is -2.10. The smallest absolute Gasteiger partial charge is 0.250 e. The highest BCUT2D eigenvalue weighted by Gasteiger charge is 1.98. The van der Waals surface area contributed by atoms with Gasteiger partial charge < -0.3 is 5.73 Å². The van der Waals surface area contributed by atoms with Gasteiger partial charge in [0, 0.05) is 6.20 Å². The van der Waals surface area contributed by atoms with E-state index in [1.807, 2.05) is 0 Å². The molecule has 0 saturated heterocycles. The van der Waals surface area contributed by atoms with E-state index >= 15 is 0 Å². The lowest BCUT2D eigenvalue weighted by Gasteiger charge is -1.92. The maximum Gasteiger partial charge on any atom is 0.250 e. The molecule has 0 unspecified atom stereocenters. The number of carbonyl (C=O) groups excluding carboxylic acids is 1. The molecule has 0 bridgehead atoms. The van der Waals surface area contributed by atoms with Gasteiger partial charge >= 0.3 is 0 Å². The number of carbonyl (C=O) groups is 1. The first-order valence-electron chi connectivity index (χ1n) is 2.87. The number of amides is 1. The van der Waals surface area contributed by atoms with Crippen molar-refractivity contribution < 1.29 is 4.79 Å². The molecule has 11 heavy (non-hydrogen) atoms. The van der Waals surface area contributed by atoms with E-state index < -0.39 is 5.91 Å². The number of nitrogens with zero attached hydrogens (tertiary/aromatic N) is 2. The minimum absolute atomic E-state index is 0.259. The number of nitrogens with one attached hydrogen (secondary N) is 1. The average molecular weight is 150 g/mol. The Bertz CT molecular complexity index is 279. The van der Waals surface area contributed by atoms with Gasteiger partial charge in [0.05, 0.1) is 5.56 Å². The van der Waals surface area contributed by atoms with Gasteiger partial charge in [-0.2, -0.15) is 0 Å². The highest BCUT2D eigenvalue weighted by atomic mass is 16.1. The predicted octanol–water partition coefficient (Wildman–Crippen LogP) is 0.843. The molecule has 5 heteroatoms. The number of pyridine rings is 1. The molecule has 1 heterocycles. The predicted molar refractivity (Wildman–Crippen MR) is 37.6 cm³/mol. The molecule has 0 aliphatic rings. The number of rotatable bonds is 2. The molecule has 1 aromatic rings. The first kappa shape index (κ1) is 7.33. The molecule has 1 amide bonds. The summed E-state index contributed by atoms with van der Waals surface area (Å²) in [6.45, 7) is 0. The summed E-state index contributed by atoms with van der Waals surface area (Å²) in [5.41, 5.74) is 11.8. The Hall–Kier alpha value is -1.78. The number of hydrogen-bond donors (Lipinski definition) is 2. The third-order valence-corrected chi connectivity index (χ3v) is 1.15. The third kappa shape index (κ3) is 1.57. The van der Waals surface area contributed by atoms with E-state index in [0.29, 0.717) is 5.56 Å². The van der Waals surface area contributed by atoms with Crippen LogP contribution in [0.5, 0.6) is 0 Å². The van der Waals surface area contributed by atoms with E-state index in [0.717, 1.165) is 0 Å². The van der Waals surface area contributed by atoms with Crippen LogP contribution in [0.3, 0.4) is 0 Å². The highest BCUT2D eigenvalue weighted by Crippen LogP contribution is 2.06. The van der Waals surface area contributed by atoms with E-state index in [1.165, 1.54) is 18.3 Å². The summed E-state index contributed by atoms with van der Waals surface area (Å²) in [7, 11) is 0. The monoisotopic (exact) mass is 150 g/mol. The van der Waals surface area contributed by atoms with Crippen molar-refractivity contribution in [2.75, 3.05) is 0 Å². The van der Waals surface area contributed by atoms with E-state index in [2.05, 4.69) is 10.1 Å². The van der Waals surface area contributed by atoms with Crippen LogP contribution in [-0.4, -0.2) is 10.9 Å². The number of primary amides is 1. The zero-order valence-corrected chi connectivity index (χ0v) is 5.61.